The number of aromatic nitrogens is 2. The molecule has 2 saturated carbocycles. The van der Waals surface area contributed by atoms with E-state index < -0.39 is 15.4 Å². The van der Waals surface area contributed by atoms with Crippen LogP contribution in [0.25, 0.3) is 0 Å². The number of ether oxygens (including phenoxy) is 1. The number of Topliss-reactive ketones (excluding diaryl/α,β-unsaturated/α-hetero) is 1. The van der Waals surface area contributed by atoms with Crippen LogP contribution >= 0.6 is 11.5 Å². The van der Waals surface area contributed by atoms with Crippen molar-refractivity contribution in [2.24, 2.45) is 16.7 Å². The number of fused-ring (bicyclic) bond motifs is 2. The average Bonchev–Trinajstić information content (AvgIpc) is 3.47. The van der Waals surface area contributed by atoms with Gasteiger partial charge in [0.1, 0.15) is 17.4 Å². The second-order valence-corrected chi connectivity index (χ2v) is 13.7. The lowest BCUT2D eigenvalue weighted by atomic mass is 9.70. The fraction of sp³-hybridized carbons (Fsp3) is 0.654. The number of benzene rings is 1. The van der Waals surface area contributed by atoms with Gasteiger partial charge in [0, 0.05) is 69.1 Å². The van der Waals surface area contributed by atoms with E-state index in [1.54, 1.807) is 7.11 Å². The summed E-state index contributed by atoms with van der Waals surface area (Å²) in [7, 11) is -1.87. The predicted octanol–water partition coefficient (Wildman–Crippen LogP) is 2.57. The third-order valence-electron chi connectivity index (χ3n) is 8.92. The van der Waals surface area contributed by atoms with Gasteiger partial charge in [0.25, 0.3) is 0 Å². The van der Waals surface area contributed by atoms with Gasteiger partial charge in [-0.1, -0.05) is 26.0 Å². The molecule has 202 valence electrons. The van der Waals surface area contributed by atoms with Crippen molar-refractivity contribution in [1.82, 2.24) is 19.0 Å². The summed E-state index contributed by atoms with van der Waals surface area (Å²) in [5.41, 5.74) is 0.153. The zero-order chi connectivity index (χ0) is 26.3. The van der Waals surface area contributed by atoms with Gasteiger partial charge >= 0.3 is 0 Å². The Hall–Kier alpha value is -2.08. The fourth-order valence-corrected chi connectivity index (χ4v) is 8.98. The normalized spacial score (nSPS) is 25.6. The summed E-state index contributed by atoms with van der Waals surface area (Å²) in [6.07, 6.45) is 2.84. The maximum Gasteiger partial charge on any atom is 0.212 e. The van der Waals surface area contributed by atoms with Crippen molar-refractivity contribution < 1.29 is 17.9 Å². The number of carbonyl (C=O) groups excluding carboxylic acids is 1. The van der Waals surface area contributed by atoms with Crippen LogP contribution in [0.4, 0.5) is 5.13 Å². The molecule has 0 spiro atoms. The first-order valence-electron chi connectivity index (χ1n) is 13.1. The van der Waals surface area contributed by atoms with Gasteiger partial charge in [-0.15, -0.1) is 0 Å². The Balaban J connectivity index is 1.08. The van der Waals surface area contributed by atoms with Crippen molar-refractivity contribution in [3.8, 4) is 5.75 Å². The summed E-state index contributed by atoms with van der Waals surface area (Å²) >= 11 is 1.42. The number of anilines is 1. The number of hydrogen-bond acceptors (Lipinski definition) is 9. The van der Waals surface area contributed by atoms with E-state index >= 15 is 0 Å². The number of rotatable bonds is 10. The summed E-state index contributed by atoms with van der Waals surface area (Å²) < 4.78 is 38.5. The van der Waals surface area contributed by atoms with E-state index in [-0.39, 0.29) is 17.0 Å². The molecule has 9 nitrogen and oxygen atoms in total. The van der Waals surface area contributed by atoms with E-state index in [4.69, 9.17) is 9.72 Å². The van der Waals surface area contributed by atoms with Gasteiger partial charge in [-0.05, 0) is 41.9 Å². The summed E-state index contributed by atoms with van der Waals surface area (Å²) in [6, 6.07) is 7.95. The number of hydrogen-bond donors (Lipinski definition) is 1. The number of piperazine rings is 1. The maximum absolute atomic E-state index is 12.9. The molecule has 2 aliphatic carbocycles. The Morgan fingerprint density at radius 3 is 2.68 bits per heavy atom. The highest BCUT2D eigenvalue weighted by Crippen LogP contribution is 2.64. The first-order valence-corrected chi connectivity index (χ1v) is 15.5. The van der Waals surface area contributed by atoms with Crippen molar-refractivity contribution in [2.75, 3.05) is 57.0 Å². The van der Waals surface area contributed by atoms with Crippen molar-refractivity contribution in [3.63, 3.8) is 0 Å². The molecule has 3 fully saturated rings. The second-order valence-electron chi connectivity index (χ2n) is 11.2. The van der Waals surface area contributed by atoms with E-state index in [1.165, 1.54) is 11.5 Å². The maximum atomic E-state index is 12.9. The molecule has 1 aromatic carbocycles. The van der Waals surface area contributed by atoms with Gasteiger partial charge in [0.2, 0.25) is 15.2 Å². The monoisotopic (exact) mass is 547 g/mol. The molecule has 37 heavy (non-hydrogen) atoms. The topological polar surface area (TPSA) is 105 Å². The van der Waals surface area contributed by atoms with Crippen molar-refractivity contribution >= 4 is 32.5 Å². The van der Waals surface area contributed by atoms with E-state index in [2.05, 4.69) is 32.7 Å². The Bertz CT molecular complexity index is 1240. The Kier molecular flexibility index (Phi) is 7.34. The second kappa shape index (κ2) is 10.2. The lowest BCUT2D eigenvalue weighted by Gasteiger charge is -2.36. The van der Waals surface area contributed by atoms with E-state index in [0.29, 0.717) is 38.3 Å². The van der Waals surface area contributed by atoms with Crippen LogP contribution in [0, 0.1) is 16.7 Å². The third-order valence-corrected chi connectivity index (χ3v) is 11.3. The van der Waals surface area contributed by atoms with Crippen LogP contribution in [0.1, 0.15) is 44.5 Å². The number of nitrogens with one attached hydrogen (secondary N) is 1. The average molecular weight is 548 g/mol. The highest BCUT2D eigenvalue weighted by molar-refractivity contribution is 7.89. The zero-order valence-corrected chi connectivity index (χ0v) is 23.5. The molecule has 0 radical (unpaired) electrons. The van der Waals surface area contributed by atoms with Gasteiger partial charge < -0.3 is 9.64 Å². The smallest absolute Gasteiger partial charge is 0.212 e. The van der Waals surface area contributed by atoms with E-state index in [0.717, 1.165) is 54.9 Å². The number of nitrogens with zero attached hydrogens (tertiary/aromatic N) is 4. The van der Waals surface area contributed by atoms with Crippen molar-refractivity contribution in [1.29, 1.82) is 0 Å². The molecule has 0 amide bonds. The highest BCUT2D eigenvalue weighted by atomic mass is 32.2. The summed E-state index contributed by atoms with van der Waals surface area (Å²) in [6.45, 7) is 8.49. The molecule has 2 unspecified atom stereocenters. The highest BCUT2D eigenvalue weighted by Gasteiger charge is 2.65. The van der Waals surface area contributed by atoms with Crippen LogP contribution in [0.3, 0.4) is 0 Å². The quantitative estimate of drug-likeness (QED) is 0.484. The number of methoxy groups -OCH3 is 1. The van der Waals surface area contributed by atoms with Crippen LogP contribution in [-0.2, 0) is 21.2 Å². The third kappa shape index (κ3) is 5.28. The molecule has 1 aromatic heterocycles. The SMILES string of the molecule is COc1cccc(Cc2nsc(N3CCN(CCNS(=O)(=O)CC45CCC(CC4=O)C5(C)C)CC3)n2)c1. The molecule has 1 saturated heterocycles. The van der Waals surface area contributed by atoms with Crippen LogP contribution in [-0.4, -0.2) is 80.6 Å². The minimum Gasteiger partial charge on any atom is -0.497 e. The predicted molar refractivity (Wildman–Crippen MR) is 145 cm³/mol. The molecule has 2 atom stereocenters. The zero-order valence-electron chi connectivity index (χ0n) is 21.9. The molecule has 3 aliphatic rings. The molecular weight excluding hydrogens is 510 g/mol. The van der Waals surface area contributed by atoms with Crippen LogP contribution < -0.4 is 14.4 Å². The first kappa shape index (κ1) is 26.5. The van der Waals surface area contributed by atoms with Gasteiger partial charge in [-0.3, -0.25) is 9.69 Å². The Morgan fingerprint density at radius 2 is 2.00 bits per heavy atom. The molecule has 1 N–H and O–H groups in total. The Labute approximate surface area is 223 Å². The molecule has 2 bridgehead atoms. The lowest BCUT2D eigenvalue weighted by molar-refractivity contribution is -0.128. The van der Waals surface area contributed by atoms with Crippen LogP contribution in [0.15, 0.2) is 24.3 Å². The van der Waals surface area contributed by atoms with Crippen molar-refractivity contribution in [3.05, 3.63) is 35.7 Å². The fourth-order valence-electron chi connectivity index (χ4n) is 6.42. The Morgan fingerprint density at radius 1 is 1.22 bits per heavy atom. The van der Waals surface area contributed by atoms with Gasteiger partial charge in [0.05, 0.1) is 12.9 Å². The van der Waals surface area contributed by atoms with Crippen LogP contribution in [0.5, 0.6) is 5.75 Å². The number of carbonyl (C=O) groups is 1. The van der Waals surface area contributed by atoms with E-state index in [9.17, 15) is 13.2 Å². The molecular formula is C26H37N5O4S2. The largest absolute Gasteiger partial charge is 0.497 e. The first-order chi connectivity index (χ1) is 17.6. The minimum absolute atomic E-state index is 0.0781. The van der Waals surface area contributed by atoms with Crippen LogP contribution in [0.2, 0.25) is 0 Å². The summed E-state index contributed by atoms with van der Waals surface area (Å²) in [5.74, 6) is 2.01. The molecule has 1 aliphatic heterocycles. The van der Waals surface area contributed by atoms with Crippen molar-refractivity contribution in [2.45, 2.75) is 39.5 Å². The lowest BCUT2D eigenvalue weighted by Crippen LogP contribution is -2.49. The standard InChI is InChI=1S/C26H37N5O4S2/c1-25(2)20-7-8-26(25,22(32)17-20)18-37(33,34)27-9-10-30-11-13-31(14-12-30)24-28-23(29-36-24)16-19-5-4-6-21(15-19)35-3/h4-6,15,20,27H,7-14,16-18H2,1-3H3. The van der Waals surface area contributed by atoms with Gasteiger partial charge in [-0.25, -0.2) is 18.1 Å². The molecule has 2 heterocycles. The molecule has 5 rings (SSSR count). The summed E-state index contributed by atoms with van der Waals surface area (Å²) in [5, 5.41) is 0.927. The van der Waals surface area contributed by atoms with E-state index in [1.807, 2.05) is 24.3 Å². The molecule has 2 aromatic rings. The summed E-state index contributed by atoms with van der Waals surface area (Å²) in [4.78, 5) is 22.0. The van der Waals surface area contributed by atoms with Gasteiger partial charge in [-0.2, -0.15) is 4.37 Å². The van der Waals surface area contributed by atoms with Gasteiger partial charge in [0.15, 0.2) is 0 Å². The number of sulfonamides is 1. The minimum atomic E-state index is -3.53. The number of ketones is 1. The molecule has 11 heteroatoms.